The number of halogens is 1. The molecule has 1 aliphatic rings. The van der Waals surface area contributed by atoms with Gasteiger partial charge >= 0.3 is 0 Å². The van der Waals surface area contributed by atoms with Crippen LogP contribution in [0.4, 0.5) is 0 Å². The quantitative estimate of drug-likeness (QED) is 0.944. The fourth-order valence-electron chi connectivity index (χ4n) is 2.99. The summed E-state index contributed by atoms with van der Waals surface area (Å²) in [6.45, 7) is 3.33. The Kier molecular flexibility index (Phi) is 3.76. The summed E-state index contributed by atoms with van der Waals surface area (Å²) >= 11 is 6.18. The van der Waals surface area contributed by atoms with E-state index in [1.807, 2.05) is 9.47 Å². The van der Waals surface area contributed by atoms with E-state index in [-0.39, 0.29) is 11.7 Å². The molecule has 1 aromatic heterocycles. The first-order chi connectivity index (χ1) is 10.1. The third-order valence-electron chi connectivity index (χ3n) is 3.99. The van der Waals surface area contributed by atoms with Gasteiger partial charge in [-0.2, -0.15) is 0 Å². The number of hydrogen-bond acceptors (Lipinski definition) is 3. The first kappa shape index (κ1) is 14.2. The molecule has 1 saturated heterocycles. The Balaban J connectivity index is 1.85. The second-order valence-electron chi connectivity index (χ2n) is 5.60. The van der Waals surface area contributed by atoms with Gasteiger partial charge in [0, 0.05) is 19.0 Å². The highest BCUT2D eigenvalue weighted by molar-refractivity contribution is 6.29. The molecule has 1 aromatic carbocycles. The number of fused-ring (bicyclic) bond motifs is 1. The van der Waals surface area contributed by atoms with Crippen LogP contribution in [0, 0.1) is 5.92 Å². The van der Waals surface area contributed by atoms with Crippen LogP contribution in [0.15, 0.2) is 18.2 Å². The number of phenolic OH excluding ortho intramolecular Hbond substituents is 1. The normalized spacial score (nSPS) is 18.9. The molecule has 0 saturated carbocycles. The van der Waals surface area contributed by atoms with E-state index in [1.165, 1.54) is 0 Å². The summed E-state index contributed by atoms with van der Waals surface area (Å²) in [5.41, 5.74) is 1.46. The van der Waals surface area contributed by atoms with Crippen LogP contribution in [0.2, 0.25) is 5.28 Å². The molecule has 3 rings (SSSR count). The SMILES string of the molecule is CCCC1CC(=O)N(Cn2c(Cl)nc3cc(O)ccc32)C1. The molecule has 0 bridgehead atoms. The first-order valence-corrected chi connectivity index (χ1v) is 7.58. The molecule has 0 spiro atoms. The summed E-state index contributed by atoms with van der Waals surface area (Å²) in [6.07, 6.45) is 2.80. The minimum Gasteiger partial charge on any atom is -0.508 e. The van der Waals surface area contributed by atoms with Gasteiger partial charge in [-0.3, -0.25) is 9.36 Å². The van der Waals surface area contributed by atoms with Crippen LogP contribution in [0.3, 0.4) is 0 Å². The van der Waals surface area contributed by atoms with E-state index >= 15 is 0 Å². The van der Waals surface area contributed by atoms with Crippen molar-refractivity contribution in [2.24, 2.45) is 5.92 Å². The number of carbonyl (C=O) groups is 1. The summed E-state index contributed by atoms with van der Waals surface area (Å²) in [6, 6.07) is 4.94. The fourth-order valence-corrected chi connectivity index (χ4v) is 3.22. The smallest absolute Gasteiger partial charge is 0.224 e. The van der Waals surface area contributed by atoms with E-state index in [0.29, 0.717) is 29.8 Å². The zero-order valence-corrected chi connectivity index (χ0v) is 12.7. The maximum absolute atomic E-state index is 12.1. The van der Waals surface area contributed by atoms with E-state index in [2.05, 4.69) is 11.9 Å². The van der Waals surface area contributed by atoms with Crippen LogP contribution >= 0.6 is 11.6 Å². The first-order valence-electron chi connectivity index (χ1n) is 7.21. The number of aromatic nitrogens is 2. The van der Waals surface area contributed by atoms with Gasteiger partial charge in [0.2, 0.25) is 11.2 Å². The second kappa shape index (κ2) is 5.56. The fraction of sp³-hybridized carbons (Fsp3) is 0.467. The van der Waals surface area contributed by atoms with Gasteiger partial charge in [0.05, 0.1) is 11.0 Å². The summed E-state index contributed by atoms with van der Waals surface area (Å²) in [7, 11) is 0. The van der Waals surface area contributed by atoms with E-state index in [0.717, 1.165) is 24.9 Å². The van der Waals surface area contributed by atoms with Crippen molar-refractivity contribution >= 4 is 28.5 Å². The standard InChI is InChI=1S/C15H18ClN3O2/c1-2-3-10-6-14(21)18(8-10)9-19-13-5-4-11(20)7-12(13)17-15(19)16/h4-5,7,10,20H,2-3,6,8-9H2,1H3. The molecule has 6 heteroatoms. The maximum atomic E-state index is 12.1. The molecule has 0 aliphatic carbocycles. The van der Waals surface area contributed by atoms with Crippen molar-refractivity contribution in [2.45, 2.75) is 32.9 Å². The lowest BCUT2D eigenvalue weighted by Gasteiger charge is -2.18. The molecule has 1 atom stereocenters. The minimum atomic E-state index is 0.157. The molecule has 1 unspecified atom stereocenters. The number of hydrogen-bond donors (Lipinski definition) is 1. The highest BCUT2D eigenvalue weighted by Gasteiger charge is 2.29. The van der Waals surface area contributed by atoms with Gasteiger partial charge in [-0.25, -0.2) is 4.98 Å². The number of benzene rings is 1. The average molecular weight is 308 g/mol. The lowest BCUT2D eigenvalue weighted by atomic mass is 10.0. The van der Waals surface area contributed by atoms with Crippen LogP contribution in [0.25, 0.3) is 11.0 Å². The highest BCUT2D eigenvalue weighted by Crippen LogP contribution is 2.27. The molecule has 1 fully saturated rings. The van der Waals surface area contributed by atoms with Gasteiger partial charge in [0.15, 0.2) is 0 Å². The Morgan fingerprint density at radius 1 is 1.48 bits per heavy atom. The predicted octanol–water partition coefficient (Wildman–Crippen LogP) is 3.00. The number of carbonyl (C=O) groups excluding carboxylic acids is 1. The molecule has 2 aromatic rings. The Morgan fingerprint density at radius 3 is 3.05 bits per heavy atom. The number of nitrogens with zero attached hydrogens (tertiary/aromatic N) is 3. The molecule has 0 radical (unpaired) electrons. The number of imidazole rings is 1. The summed E-state index contributed by atoms with van der Waals surface area (Å²) in [4.78, 5) is 18.2. The minimum absolute atomic E-state index is 0.157. The largest absolute Gasteiger partial charge is 0.508 e. The van der Waals surface area contributed by atoms with E-state index in [1.54, 1.807) is 18.2 Å². The van der Waals surface area contributed by atoms with Crippen molar-refractivity contribution in [1.29, 1.82) is 0 Å². The molecule has 1 amide bonds. The average Bonchev–Trinajstić information content (AvgIpc) is 2.91. The second-order valence-corrected chi connectivity index (χ2v) is 5.94. The van der Waals surface area contributed by atoms with Crippen LogP contribution in [0.1, 0.15) is 26.2 Å². The zero-order valence-electron chi connectivity index (χ0n) is 11.9. The maximum Gasteiger partial charge on any atom is 0.224 e. The molecule has 1 N–H and O–H groups in total. The zero-order chi connectivity index (χ0) is 15.0. The third kappa shape index (κ3) is 2.70. The molecule has 1 aliphatic heterocycles. The number of likely N-dealkylation sites (tertiary alicyclic amines) is 1. The van der Waals surface area contributed by atoms with Crippen molar-refractivity contribution in [3.05, 3.63) is 23.5 Å². The van der Waals surface area contributed by atoms with Crippen LogP contribution < -0.4 is 0 Å². The molecular weight excluding hydrogens is 290 g/mol. The van der Waals surface area contributed by atoms with Crippen molar-refractivity contribution in [1.82, 2.24) is 14.5 Å². The molecule has 5 nitrogen and oxygen atoms in total. The number of amides is 1. The predicted molar refractivity (Wildman–Crippen MR) is 81.1 cm³/mol. The van der Waals surface area contributed by atoms with Crippen molar-refractivity contribution in [3.8, 4) is 5.75 Å². The van der Waals surface area contributed by atoms with Crippen molar-refractivity contribution in [2.75, 3.05) is 6.54 Å². The van der Waals surface area contributed by atoms with Crippen molar-refractivity contribution < 1.29 is 9.90 Å². The van der Waals surface area contributed by atoms with Crippen LogP contribution in [-0.2, 0) is 11.5 Å². The van der Waals surface area contributed by atoms with Gasteiger partial charge in [0.1, 0.15) is 12.4 Å². The number of rotatable bonds is 4. The Hall–Kier alpha value is -1.75. The van der Waals surface area contributed by atoms with E-state index < -0.39 is 0 Å². The molecular formula is C15H18ClN3O2. The molecule has 112 valence electrons. The van der Waals surface area contributed by atoms with Crippen LogP contribution in [-0.4, -0.2) is 32.0 Å². The monoisotopic (exact) mass is 307 g/mol. The Bertz CT molecular complexity index is 683. The van der Waals surface area contributed by atoms with Gasteiger partial charge in [0.25, 0.3) is 0 Å². The lowest BCUT2D eigenvalue weighted by molar-refractivity contribution is -0.129. The van der Waals surface area contributed by atoms with Gasteiger partial charge in [-0.05, 0) is 36.1 Å². The van der Waals surface area contributed by atoms with E-state index in [9.17, 15) is 9.90 Å². The summed E-state index contributed by atoms with van der Waals surface area (Å²) in [5, 5.41) is 9.83. The van der Waals surface area contributed by atoms with Gasteiger partial charge < -0.3 is 10.0 Å². The number of phenols is 1. The molecule has 2 heterocycles. The third-order valence-corrected chi connectivity index (χ3v) is 4.28. The van der Waals surface area contributed by atoms with Gasteiger partial charge in [-0.15, -0.1) is 0 Å². The summed E-state index contributed by atoms with van der Waals surface area (Å²) in [5.74, 6) is 0.773. The lowest BCUT2D eigenvalue weighted by Crippen LogP contribution is -2.28. The Morgan fingerprint density at radius 2 is 2.29 bits per heavy atom. The number of aromatic hydroxyl groups is 1. The highest BCUT2D eigenvalue weighted by atomic mass is 35.5. The van der Waals surface area contributed by atoms with Crippen LogP contribution in [0.5, 0.6) is 5.75 Å². The molecule has 21 heavy (non-hydrogen) atoms. The summed E-state index contributed by atoms with van der Waals surface area (Å²) < 4.78 is 1.81. The van der Waals surface area contributed by atoms with Crippen molar-refractivity contribution in [3.63, 3.8) is 0 Å². The topological polar surface area (TPSA) is 58.4 Å². The van der Waals surface area contributed by atoms with E-state index in [4.69, 9.17) is 11.6 Å². The Labute approximate surface area is 128 Å². The van der Waals surface area contributed by atoms with Gasteiger partial charge in [-0.1, -0.05) is 13.3 Å².